The molecule has 0 aliphatic heterocycles. The van der Waals surface area contributed by atoms with Gasteiger partial charge in [-0.3, -0.25) is 0 Å². The molecule has 0 aliphatic carbocycles. The van der Waals surface area contributed by atoms with Crippen LogP contribution < -0.4 is 10.0 Å². The fourth-order valence-electron chi connectivity index (χ4n) is 1.99. The average Bonchev–Trinajstić information content (AvgIpc) is 2.84. The molecule has 2 atom stereocenters. The molecule has 0 radical (unpaired) electrons. The summed E-state index contributed by atoms with van der Waals surface area (Å²) in [6, 6.07) is 3.10. The van der Waals surface area contributed by atoms with Crippen LogP contribution in [0.15, 0.2) is 21.6 Å². The van der Waals surface area contributed by atoms with Crippen molar-refractivity contribution < 1.29 is 12.8 Å². The Morgan fingerprint density at radius 3 is 2.55 bits per heavy atom. The van der Waals surface area contributed by atoms with Gasteiger partial charge < -0.3 is 9.73 Å². The molecule has 0 aromatic carbocycles. The Hall–Kier alpha value is -0.850. The van der Waals surface area contributed by atoms with Gasteiger partial charge in [0.05, 0.1) is 6.54 Å². The molecule has 1 heterocycles. The summed E-state index contributed by atoms with van der Waals surface area (Å²) in [5, 5.41) is 3.08. The maximum atomic E-state index is 12.2. The van der Waals surface area contributed by atoms with E-state index in [-0.39, 0.29) is 11.1 Å². The van der Waals surface area contributed by atoms with Gasteiger partial charge in [-0.2, -0.15) is 0 Å². The van der Waals surface area contributed by atoms with Gasteiger partial charge in [-0.05, 0) is 37.9 Å². The summed E-state index contributed by atoms with van der Waals surface area (Å²) in [6.07, 6.45) is 1.86. The smallest absolute Gasteiger partial charge is 0.274 e. The van der Waals surface area contributed by atoms with Gasteiger partial charge in [-0.1, -0.05) is 27.2 Å². The monoisotopic (exact) mass is 302 g/mol. The van der Waals surface area contributed by atoms with Crippen molar-refractivity contribution in [2.24, 2.45) is 5.92 Å². The van der Waals surface area contributed by atoms with Gasteiger partial charge >= 0.3 is 0 Å². The quantitative estimate of drug-likeness (QED) is 0.735. The van der Waals surface area contributed by atoms with Crippen LogP contribution in [0, 0.1) is 5.92 Å². The highest BCUT2D eigenvalue weighted by atomic mass is 32.2. The number of furan rings is 1. The van der Waals surface area contributed by atoms with Crippen LogP contribution in [0.2, 0.25) is 0 Å². The number of hydrogen-bond acceptors (Lipinski definition) is 4. The fraction of sp³-hybridized carbons (Fsp3) is 0.714. The van der Waals surface area contributed by atoms with Crippen LogP contribution in [-0.4, -0.2) is 21.0 Å². The summed E-state index contributed by atoms with van der Waals surface area (Å²) < 4.78 is 32.4. The number of rotatable bonds is 9. The van der Waals surface area contributed by atoms with Crippen LogP contribution in [0.25, 0.3) is 0 Å². The van der Waals surface area contributed by atoms with Crippen LogP contribution in [0.4, 0.5) is 0 Å². The van der Waals surface area contributed by atoms with Crippen molar-refractivity contribution in [3.8, 4) is 0 Å². The summed E-state index contributed by atoms with van der Waals surface area (Å²) in [5.41, 5.74) is 0. The molecule has 0 saturated heterocycles. The van der Waals surface area contributed by atoms with Crippen molar-refractivity contribution >= 4 is 10.0 Å². The van der Waals surface area contributed by atoms with Crippen LogP contribution >= 0.6 is 0 Å². The van der Waals surface area contributed by atoms with Crippen molar-refractivity contribution in [3.05, 3.63) is 17.9 Å². The molecule has 0 amide bonds. The lowest BCUT2D eigenvalue weighted by molar-refractivity contribution is 0.394. The Balaban J connectivity index is 2.66. The zero-order valence-electron chi connectivity index (χ0n) is 12.8. The number of hydrogen-bond donors (Lipinski definition) is 2. The molecule has 0 aliphatic rings. The van der Waals surface area contributed by atoms with Gasteiger partial charge in [0.1, 0.15) is 5.76 Å². The van der Waals surface area contributed by atoms with E-state index in [0.29, 0.717) is 18.2 Å². The first kappa shape index (κ1) is 17.2. The highest BCUT2D eigenvalue weighted by Crippen LogP contribution is 2.16. The highest BCUT2D eigenvalue weighted by Gasteiger charge is 2.21. The first-order valence-corrected chi connectivity index (χ1v) is 8.69. The Morgan fingerprint density at radius 1 is 1.25 bits per heavy atom. The molecule has 6 heteroatoms. The molecular weight excluding hydrogens is 276 g/mol. The van der Waals surface area contributed by atoms with E-state index in [1.54, 1.807) is 6.07 Å². The van der Waals surface area contributed by atoms with Crippen molar-refractivity contribution in [2.75, 3.05) is 6.54 Å². The van der Waals surface area contributed by atoms with Crippen molar-refractivity contribution in [2.45, 2.75) is 58.2 Å². The molecule has 116 valence electrons. The first-order chi connectivity index (χ1) is 9.39. The standard InChI is InChI=1S/C14H26N2O3S/c1-5-11(3)9-12(4)16-20(17,18)14-8-7-13(19-14)10-15-6-2/h7-8,11-12,15-16H,5-6,9-10H2,1-4H3. The predicted molar refractivity (Wildman–Crippen MR) is 79.9 cm³/mol. The zero-order chi connectivity index (χ0) is 15.2. The van der Waals surface area contributed by atoms with E-state index in [9.17, 15) is 8.42 Å². The molecule has 0 fully saturated rings. The highest BCUT2D eigenvalue weighted by molar-refractivity contribution is 7.89. The van der Waals surface area contributed by atoms with Crippen LogP contribution in [0.3, 0.4) is 0 Å². The van der Waals surface area contributed by atoms with Gasteiger partial charge in [0.25, 0.3) is 10.0 Å². The molecule has 0 saturated carbocycles. The number of sulfonamides is 1. The largest absolute Gasteiger partial charge is 0.447 e. The second-order valence-electron chi connectivity index (χ2n) is 5.27. The molecule has 2 N–H and O–H groups in total. The first-order valence-electron chi connectivity index (χ1n) is 7.20. The molecule has 20 heavy (non-hydrogen) atoms. The van der Waals surface area contributed by atoms with Crippen LogP contribution in [0.5, 0.6) is 0 Å². The lowest BCUT2D eigenvalue weighted by Crippen LogP contribution is -2.33. The van der Waals surface area contributed by atoms with E-state index in [1.807, 2.05) is 13.8 Å². The number of nitrogens with one attached hydrogen (secondary N) is 2. The SMILES string of the molecule is CCNCc1ccc(S(=O)(=O)NC(C)CC(C)CC)o1. The van der Waals surface area contributed by atoms with Crippen molar-refractivity contribution in [1.29, 1.82) is 0 Å². The van der Waals surface area contributed by atoms with Gasteiger partial charge in [-0.15, -0.1) is 0 Å². The molecule has 1 aromatic heterocycles. The third kappa shape index (κ3) is 5.26. The normalized spacial score (nSPS) is 15.2. The maximum Gasteiger partial charge on any atom is 0.274 e. The summed E-state index contributed by atoms with van der Waals surface area (Å²) in [6.45, 7) is 9.43. The van der Waals surface area contributed by atoms with Crippen LogP contribution in [0.1, 0.15) is 46.3 Å². The predicted octanol–water partition coefficient (Wildman–Crippen LogP) is 2.49. The van der Waals surface area contributed by atoms with E-state index in [1.165, 1.54) is 6.07 Å². The maximum absolute atomic E-state index is 12.2. The lowest BCUT2D eigenvalue weighted by Gasteiger charge is -2.16. The second kappa shape index (κ2) is 7.81. The summed E-state index contributed by atoms with van der Waals surface area (Å²) in [7, 11) is -3.56. The minimum Gasteiger partial charge on any atom is -0.447 e. The molecule has 0 bridgehead atoms. The topological polar surface area (TPSA) is 71.3 Å². The Bertz CT molecular complexity index is 496. The van der Waals surface area contributed by atoms with Gasteiger partial charge in [0.15, 0.2) is 0 Å². The minimum atomic E-state index is -3.56. The van der Waals surface area contributed by atoms with E-state index in [0.717, 1.165) is 19.4 Å². The third-order valence-electron chi connectivity index (χ3n) is 3.26. The molecule has 1 aromatic rings. The van der Waals surface area contributed by atoms with Crippen molar-refractivity contribution in [3.63, 3.8) is 0 Å². The van der Waals surface area contributed by atoms with Gasteiger partial charge in [-0.25, -0.2) is 13.1 Å². The zero-order valence-corrected chi connectivity index (χ0v) is 13.6. The van der Waals surface area contributed by atoms with Crippen molar-refractivity contribution in [1.82, 2.24) is 10.0 Å². The van der Waals surface area contributed by atoms with E-state index in [4.69, 9.17) is 4.42 Å². The Kier molecular flexibility index (Phi) is 6.71. The molecule has 1 rings (SSSR count). The summed E-state index contributed by atoms with van der Waals surface area (Å²) >= 11 is 0. The van der Waals surface area contributed by atoms with Crippen LogP contribution in [-0.2, 0) is 16.6 Å². The molecule has 5 nitrogen and oxygen atoms in total. The summed E-state index contributed by atoms with van der Waals surface area (Å²) in [5.74, 6) is 1.12. The van der Waals surface area contributed by atoms with E-state index >= 15 is 0 Å². The average molecular weight is 302 g/mol. The van der Waals surface area contributed by atoms with Gasteiger partial charge in [0.2, 0.25) is 5.09 Å². The molecule has 0 spiro atoms. The second-order valence-corrected chi connectivity index (χ2v) is 6.92. The molecule has 2 unspecified atom stereocenters. The van der Waals surface area contributed by atoms with E-state index in [2.05, 4.69) is 23.9 Å². The van der Waals surface area contributed by atoms with E-state index < -0.39 is 10.0 Å². The Labute approximate surface area is 122 Å². The fourth-order valence-corrected chi connectivity index (χ4v) is 3.19. The third-order valence-corrected chi connectivity index (χ3v) is 4.72. The molecular formula is C14H26N2O3S. The lowest BCUT2D eigenvalue weighted by atomic mass is 10.0. The summed E-state index contributed by atoms with van der Waals surface area (Å²) in [4.78, 5) is 0. The minimum absolute atomic E-state index is 0.0126. The Morgan fingerprint density at radius 2 is 1.95 bits per heavy atom. The van der Waals surface area contributed by atoms with Gasteiger partial charge in [0, 0.05) is 6.04 Å².